The van der Waals surface area contributed by atoms with Crippen LogP contribution in [-0.4, -0.2) is 47.3 Å². The maximum Gasteiger partial charge on any atom is 0.339 e. The second-order valence-electron chi connectivity index (χ2n) is 10.0. The van der Waals surface area contributed by atoms with Crippen LogP contribution in [0.4, 0.5) is 0 Å². The highest BCUT2D eigenvalue weighted by molar-refractivity contribution is 6.10. The molecule has 8 nitrogen and oxygen atoms in total. The highest BCUT2D eigenvalue weighted by atomic mass is 16.6. The molecule has 0 aliphatic heterocycles. The fourth-order valence-electron chi connectivity index (χ4n) is 5.05. The fourth-order valence-corrected chi connectivity index (χ4v) is 5.05. The molecule has 2 aliphatic carbocycles. The molecule has 2 aromatic carbocycles. The first kappa shape index (κ1) is 23.9. The lowest BCUT2D eigenvalue weighted by Crippen LogP contribution is -2.66. The van der Waals surface area contributed by atoms with Crippen molar-refractivity contribution in [1.29, 1.82) is 0 Å². The Morgan fingerprint density at radius 2 is 1.56 bits per heavy atom. The Morgan fingerprint density at radius 1 is 1.03 bits per heavy atom. The molecule has 1 saturated carbocycles. The topological polar surface area (TPSA) is 142 Å². The summed E-state index contributed by atoms with van der Waals surface area (Å²) in [6.07, 6.45) is 0.0331. The number of aliphatic carboxylic acids is 1. The number of esters is 2. The molecule has 0 bridgehead atoms. The zero-order chi connectivity index (χ0) is 24.9. The number of ether oxygens (including phenoxy) is 2. The van der Waals surface area contributed by atoms with Gasteiger partial charge in [-0.1, -0.05) is 48.5 Å². The van der Waals surface area contributed by atoms with Crippen molar-refractivity contribution >= 4 is 17.9 Å². The molecule has 1 fully saturated rings. The summed E-state index contributed by atoms with van der Waals surface area (Å²) in [5, 5.41) is 10.1. The van der Waals surface area contributed by atoms with E-state index < -0.39 is 40.4 Å². The molecule has 0 heterocycles. The van der Waals surface area contributed by atoms with Gasteiger partial charge >= 0.3 is 17.9 Å². The fraction of sp³-hybridized carbons (Fsp3) is 0.423. The summed E-state index contributed by atoms with van der Waals surface area (Å²) in [7, 11) is 0. The van der Waals surface area contributed by atoms with Crippen LogP contribution in [0, 0.1) is 11.3 Å². The van der Waals surface area contributed by atoms with Gasteiger partial charge < -0.3 is 26.0 Å². The van der Waals surface area contributed by atoms with Gasteiger partial charge in [-0.15, -0.1) is 0 Å². The first-order valence-corrected chi connectivity index (χ1v) is 11.3. The van der Waals surface area contributed by atoms with Gasteiger partial charge in [0.25, 0.3) is 0 Å². The van der Waals surface area contributed by atoms with E-state index in [1.54, 1.807) is 20.8 Å². The SMILES string of the molecule is CC(C)(C)OC(=O)C1([C@](N)(C(=O)O)C(=O)OCC2c3ccccc3-c3ccccc32)CC1CN. The number of carboxylic acid groups (broad SMARTS) is 1. The molecule has 3 atom stereocenters. The van der Waals surface area contributed by atoms with Gasteiger partial charge in [0, 0.05) is 5.92 Å². The van der Waals surface area contributed by atoms with E-state index in [1.165, 1.54) is 0 Å². The molecule has 0 saturated heterocycles. The summed E-state index contributed by atoms with van der Waals surface area (Å²) in [6.45, 7) is 4.85. The van der Waals surface area contributed by atoms with E-state index in [0.29, 0.717) is 0 Å². The molecule has 5 N–H and O–H groups in total. The molecule has 0 radical (unpaired) electrons. The van der Waals surface area contributed by atoms with Crippen LogP contribution in [0.3, 0.4) is 0 Å². The number of hydrogen-bond donors (Lipinski definition) is 3. The van der Waals surface area contributed by atoms with Crippen LogP contribution < -0.4 is 11.5 Å². The average Bonchev–Trinajstić information content (AvgIpc) is 3.46. The predicted octanol–water partition coefficient (Wildman–Crippen LogP) is 2.43. The minimum Gasteiger partial charge on any atom is -0.479 e. The quantitative estimate of drug-likeness (QED) is 0.417. The number of benzene rings is 2. The lowest BCUT2D eigenvalue weighted by Gasteiger charge is -2.33. The second kappa shape index (κ2) is 8.21. The van der Waals surface area contributed by atoms with E-state index in [0.717, 1.165) is 22.3 Å². The van der Waals surface area contributed by atoms with Gasteiger partial charge in [0.15, 0.2) is 0 Å². The van der Waals surface area contributed by atoms with E-state index in [2.05, 4.69) is 0 Å². The zero-order valence-electron chi connectivity index (χ0n) is 19.5. The Balaban J connectivity index is 1.63. The Bertz CT molecular complexity index is 1110. The maximum absolute atomic E-state index is 13.3. The predicted molar refractivity (Wildman–Crippen MR) is 125 cm³/mol. The van der Waals surface area contributed by atoms with E-state index in [9.17, 15) is 19.5 Å². The highest BCUT2D eigenvalue weighted by Gasteiger charge is 2.77. The molecule has 8 heteroatoms. The number of nitrogens with two attached hydrogens (primary N) is 2. The van der Waals surface area contributed by atoms with Crippen molar-refractivity contribution in [2.75, 3.05) is 13.2 Å². The van der Waals surface area contributed by atoms with Gasteiger partial charge in [-0.2, -0.15) is 0 Å². The standard InChI is InChI=1S/C26H30N2O6/c1-24(2,3)34-22(31)25(12-15(25)13-27)26(28,21(29)30)23(32)33-14-20-18-10-6-4-8-16(18)17-9-5-7-11-19(17)20/h4-11,15,20H,12-14,27-28H2,1-3H3,(H,29,30)/t15?,25?,26-/m0/s1. The van der Waals surface area contributed by atoms with Crippen molar-refractivity contribution in [2.24, 2.45) is 22.8 Å². The lowest BCUT2D eigenvalue weighted by atomic mass is 9.79. The normalized spacial score (nSPS) is 22.8. The van der Waals surface area contributed by atoms with Crippen LogP contribution in [-0.2, 0) is 23.9 Å². The maximum atomic E-state index is 13.3. The molecular weight excluding hydrogens is 436 g/mol. The van der Waals surface area contributed by atoms with Crippen LogP contribution >= 0.6 is 0 Å². The van der Waals surface area contributed by atoms with Gasteiger partial charge in [0.2, 0.25) is 5.54 Å². The van der Waals surface area contributed by atoms with E-state index in [4.69, 9.17) is 20.9 Å². The Labute approximate surface area is 198 Å². The zero-order valence-corrected chi connectivity index (χ0v) is 19.5. The van der Waals surface area contributed by atoms with Crippen molar-refractivity contribution in [3.8, 4) is 11.1 Å². The van der Waals surface area contributed by atoms with Gasteiger partial charge in [-0.3, -0.25) is 4.79 Å². The Hall–Kier alpha value is -3.23. The number of carbonyl (C=O) groups excluding carboxylic acids is 2. The van der Waals surface area contributed by atoms with E-state index >= 15 is 0 Å². The number of carboxylic acids is 1. The number of hydrogen-bond acceptors (Lipinski definition) is 7. The van der Waals surface area contributed by atoms with Crippen molar-refractivity contribution in [3.05, 3.63) is 59.7 Å². The van der Waals surface area contributed by atoms with E-state index in [-0.39, 0.29) is 25.5 Å². The molecule has 2 unspecified atom stereocenters. The monoisotopic (exact) mass is 466 g/mol. The smallest absolute Gasteiger partial charge is 0.339 e. The van der Waals surface area contributed by atoms with Crippen LogP contribution in [0.1, 0.15) is 44.2 Å². The molecular formula is C26H30N2O6. The van der Waals surface area contributed by atoms with Gasteiger partial charge in [-0.05, 0) is 61.9 Å². The summed E-state index contributed by atoms with van der Waals surface area (Å²) in [5.41, 5.74) is 10.7. The first-order chi connectivity index (χ1) is 16.0. The van der Waals surface area contributed by atoms with Crippen LogP contribution in [0.25, 0.3) is 11.1 Å². The largest absolute Gasteiger partial charge is 0.479 e. The third-order valence-corrected chi connectivity index (χ3v) is 6.86. The minimum absolute atomic E-state index is 0.0118. The average molecular weight is 467 g/mol. The third-order valence-electron chi connectivity index (χ3n) is 6.86. The summed E-state index contributed by atoms with van der Waals surface area (Å²) in [5.74, 6) is -4.57. The second-order valence-corrected chi connectivity index (χ2v) is 10.0. The Morgan fingerprint density at radius 3 is 2.00 bits per heavy atom. The first-order valence-electron chi connectivity index (χ1n) is 11.3. The molecule has 180 valence electrons. The summed E-state index contributed by atoms with van der Waals surface area (Å²) in [6, 6.07) is 15.6. The van der Waals surface area contributed by atoms with Gasteiger partial charge in [0.1, 0.15) is 17.6 Å². The van der Waals surface area contributed by atoms with Crippen molar-refractivity contribution in [1.82, 2.24) is 0 Å². The molecule has 34 heavy (non-hydrogen) atoms. The van der Waals surface area contributed by atoms with Crippen molar-refractivity contribution in [3.63, 3.8) is 0 Å². The number of fused-ring (bicyclic) bond motifs is 3. The Kier molecular flexibility index (Phi) is 5.78. The van der Waals surface area contributed by atoms with Gasteiger partial charge in [0.05, 0.1) is 0 Å². The highest BCUT2D eigenvalue weighted by Crippen LogP contribution is 2.60. The van der Waals surface area contributed by atoms with Crippen molar-refractivity contribution < 1.29 is 29.0 Å². The van der Waals surface area contributed by atoms with Crippen molar-refractivity contribution in [2.45, 2.75) is 44.2 Å². The molecule has 2 aromatic rings. The molecule has 0 amide bonds. The number of carbonyl (C=O) groups is 3. The molecule has 0 spiro atoms. The minimum atomic E-state index is -2.63. The summed E-state index contributed by atoms with van der Waals surface area (Å²) < 4.78 is 11.0. The number of rotatable bonds is 7. The van der Waals surface area contributed by atoms with Crippen LogP contribution in [0.2, 0.25) is 0 Å². The molecule has 4 rings (SSSR count). The van der Waals surface area contributed by atoms with Crippen LogP contribution in [0.15, 0.2) is 48.5 Å². The third kappa shape index (κ3) is 3.58. The van der Waals surface area contributed by atoms with E-state index in [1.807, 2.05) is 48.5 Å². The summed E-state index contributed by atoms with van der Waals surface area (Å²) >= 11 is 0. The lowest BCUT2D eigenvalue weighted by molar-refractivity contribution is -0.180. The van der Waals surface area contributed by atoms with Gasteiger partial charge in [-0.25, -0.2) is 9.59 Å². The summed E-state index contributed by atoms with van der Waals surface area (Å²) in [4.78, 5) is 38.9. The van der Waals surface area contributed by atoms with Crippen LogP contribution in [0.5, 0.6) is 0 Å². The molecule has 2 aliphatic rings. The molecule has 0 aromatic heterocycles.